The summed E-state index contributed by atoms with van der Waals surface area (Å²) in [5.41, 5.74) is 1.68. The maximum atomic E-state index is 12.5. The van der Waals surface area contributed by atoms with Crippen LogP contribution in [0.5, 0.6) is 11.5 Å². The lowest BCUT2D eigenvalue weighted by atomic mass is 9.97. The molecule has 0 fully saturated rings. The molecule has 0 bridgehead atoms. The molecule has 4 heteroatoms. The largest absolute Gasteiger partial charge is 0.493 e. The molecule has 3 aromatic carbocycles. The Morgan fingerprint density at radius 3 is 2.55 bits per heavy atom. The van der Waals surface area contributed by atoms with Crippen LogP contribution >= 0.6 is 0 Å². The summed E-state index contributed by atoms with van der Waals surface area (Å²) >= 11 is 0. The summed E-state index contributed by atoms with van der Waals surface area (Å²) in [4.78, 5) is 14.2. The fourth-order valence-electron chi connectivity index (χ4n) is 3.34. The zero-order valence-corrected chi connectivity index (χ0v) is 12.6. The van der Waals surface area contributed by atoms with Crippen molar-refractivity contribution in [1.82, 2.24) is 0 Å². The van der Waals surface area contributed by atoms with Crippen molar-refractivity contribution in [3.05, 3.63) is 42.0 Å². The summed E-state index contributed by atoms with van der Waals surface area (Å²) < 4.78 is 11.0. The van der Waals surface area contributed by atoms with Crippen LogP contribution in [0.2, 0.25) is 0 Å². The Bertz CT molecular complexity index is 946. The molecular weight excluding hydrogens is 278 g/mol. The van der Waals surface area contributed by atoms with Crippen molar-refractivity contribution in [1.29, 1.82) is 0 Å². The van der Waals surface area contributed by atoms with Gasteiger partial charge in [-0.05, 0) is 29.0 Å². The highest BCUT2D eigenvalue weighted by Crippen LogP contribution is 2.45. The van der Waals surface area contributed by atoms with Crippen LogP contribution in [0.3, 0.4) is 0 Å². The SMILES string of the molecule is COc1ccc2cc3c4c(cccc4c2c1OC)N(C)C3=O. The van der Waals surface area contributed by atoms with Crippen molar-refractivity contribution >= 4 is 33.1 Å². The van der Waals surface area contributed by atoms with Crippen molar-refractivity contribution in [2.45, 2.75) is 0 Å². The summed E-state index contributed by atoms with van der Waals surface area (Å²) in [5, 5.41) is 3.94. The van der Waals surface area contributed by atoms with Crippen molar-refractivity contribution in [2.75, 3.05) is 26.2 Å². The zero-order chi connectivity index (χ0) is 15.4. The Hall–Kier alpha value is -2.75. The number of anilines is 1. The molecule has 0 saturated heterocycles. The number of amides is 1. The highest BCUT2D eigenvalue weighted by molar-refractivity contribution is 6.30. The van der Waals surface area contributed by atoms with Gasteiger partial charge in [0, 0.05) is 17.8 Å². The lowest BCUT2D eigenvalue weighted by Crippen LogP contribution is -2.20. The molecule has 110 valence electrons. The van der Waals surface area contributed by atoms with Gasteiger partial charge in [-0.1, -0.05) is 18.2 Å². The van der Waals surface area contributed by atoms with Crippen LogP contribution in [0.15, 0.2) is 36.4 Å². The van der Waals surface area contributed by atoms with E-state index in [1.54, 1.807) is 26.2 Å². The highest BCUT2D eigenvalue weighted by Gasteiger charge is 2.28. The molecule has 0 aliphatic carbocycles. The topological polar surface area (TPSA) is 38.8 Å². The van der Waals surface area contributed by atoms with Gasteiger partial charge in [0.2, 0.25) is 0 Å². The summed E-state index contributed by atoms with van der Waals surface area (Å²) in [5.74, 6) is 1.42. The third kappa shape index (κ3) is 1.44. The lowest BCUT2D eigenvalue weighted by molar-refractivity contribution is 0.0999. The number of methoxy groups -OCH3 is 2. The van der Waals surface area contributed by atoms with E-state index in [9.17, 15) is 4.79 Å². The number of fused-ring (bicyclic) bond motifs is 2. The minimum atomic E-state index is 0.0304. The predicted octanol–water partition coefficient (Wildman–Crippen LogP) is 3.60. The van der Waals surface area contributed by atoms with Gasteiger partial charge in [0.1, 0.15) is 0 Å². The van der Waals surface area contributed by atoms with Gasteiger partial charge in [-0.15, -0.1) is 0 Å². The Morgan fingerprint density at radius 1 is 1.00 bits per heavy atom. The van der Waals surface area contributed by atoms with Gasteiger partial charge in [-0.2, -0.15) is 0 Å². The first-order chi connectivity index (χ1) is 10.7. The molecule has 0 aromatic heterocycles. The second kappa shape index (κ2) is 4.37. The number of hydrogen-bond donors (Lipinski definition) is 0. The fourth-order valence-corrected chi connectivity index (χ4v) is 3.34. The van der Waals surface area contributed by atoms with Crippen LogP contribution < -0.4 is 14.4 Å². The molecule has 3 aromatic rings. The van der Waals surface area contributed by atoms with E-state index in [-0.39, 0.29) is 5.91 Å². The molecule has 0 radical (unpaired) electrons. The summed E-state index contributed by atoms with van der Waals surface area (Å²) in [6.07, 6.45) is 0. The summed E-state index contributed by atoms with van der Waals surface area (Å²) in [7, 11) is 5.07. The Morgan fingerprint density at radius 2 is 1.82 bits per heavy atom. The first-order valence-corrected chi connectivity index (χ1v) is 7.06. The van der Waals surface area contributed by atoms with Gasteiger partial charge in [0.25, 0.3) is 5.91 Å². The lowest BCUT2D eigenvalue weighted by Gasteiger charge is -2.13. The molecule has 22 heavy (non-hydrogen) atoms. The van der Waals surface area contributed by atoms with Gasteiger partial charge in [0.05, 0.1) is 25.5 Å². The molecule has 4 rings (SSSR count). The molecular formula is C18H15NO3. The van der Waals surface area contributed by atoms with E-state index in [1.807, 2.05) is 36.4 Å². The van der Waals surface area contributed by atoms with Crippen molar-refractivity contribution < 1.29 is 14.3 Å². The van der Waals surface area contributed by atoms with Crippen LogP contribution in [0, 0.1) is 0 Å². The Balaban J connectivity index is 2.27. The standard InChI is InChI=1S/C18H15NO3/c1-19-13-6-4-5-11-15-10(9-12(16(11)13)18(19)20)7-8-14(21-2)17(15)22-3/h4-9H,1-3H3. The van der Waals surface area contributed by atoms with Gasteiger partial charge in [0.15, 0.2) is 11.5 Å². The molecule has 4 nitrogen and oxygen atoms in total. The Kier molecular flexibility index (Phi) is 2.57. The fraction of sp³-hybridized carbons (Fsp3) is 0.167. The van der Waals surface area contributed by atoms with E-state index < -0.39 is 0 Å². The van der Waals surface area contributed by atoms with E-state index in [0.29, 0.717) is 11.5 Å². The smallest absolute Gasteiger partial charge is 0.258 e. The summed E-state index contributed by atoms with van der Waals surface area (Å²) in [6, 6.07) is 11.7. The van der Waals surface area contributed by atoms with E-state index in [1.165, 1.54) is 0 Å². The minimum absolute atomic E-state index is 0.0304. The average molecular weight is 293 g/mol. The van der Waals surface area contributed by atoms with Gasteiger partial charge in [-0.25, -0.2) is 0 Å². The van der Waals surface area contributed by atoms with Crippen LogP contribution in [-0.2, 0) is 0 Å². The number of carbonyl (C=O) groups is 1. The maximum Gasteiger partial charge on any atom is 0.258 e. The maximum absolute atomic E-state index is 12.5. The van der Waals surface area contributed by atoms with Gasteiger partial charge < -0.3 is 14.4 Å². The van der Waals surface area contributed by atoms with Gasteiger partial charge in [-0.3, -0.25) is 4.79 Å². The number of ether oxygens (including phenoxy) is 2. The Labute approximate surface area is 127 Å². The van der Waals surface area contributed by atoms with Crippen molar-refractivity contribution in [3.63, 3.8) is 0 Å². The molecule has 0 unspecified atom stereocenters. The normalized spacial score (nSPS) is 13.2. The number of hydrogen-bond acceptors (Lipinski definition) is 3. The molecule has 0 saturated carbocycles. The second-order valence-electron chi connectivity index (χ2n) is 5.39. The van der Waals surface area contributed by atoms with Crippen LogP contribution in [0.4, 0.5) is 5.69 Å². The molecule has 0 N–H and O–H groups in total. The zero-order valence-electron chi connectivity index (χ0n) is 12.6. The third-order valence-corrected chi connectivity index (χ3v) is 4.36. The quantitative estimate of drug-likeness (QED) is 0.678. The van der Waals surface area contributed by atoms with E-state index in [2.05, 4.69) is 0 Å². The molecule has 0 atom stereocenters. The van der Waals surface area contributed by atoms with Crippen LogP contribution in [-0.4, -0.2) is 27.2 Å². The highest BCUT2D eigenvalue weighted by atomic mass is 16.5. The predicted molar refractivity (Wildman–Crippen MR) is 87.3 cm³/mol. The summed E-state index contributed by atoms with van der Waals surface area (Å²) in [6.45, 7) is 0. The minimum Gasteiger partial charge on any atom is -0.493 e. The monoisotopic (exact) mass is 293 g/mol. The first-order valence-electron chi connectivity index (χ1n) is 7.06. The number of benzene rings is 3. The number of carbonyl (C=O) groups excluding carboxylic acids is 1. The third-order valence-electron chi connectivity index (χ3n) is 4.36. The average Bonchev–Trinajstić information content (AvgIpc) is 2.80. The van der Waals surface area contributed by atoms with Crippen LogP contribution in [0.25, 0.3) is 21.5 Å². The molecule has 1 amide bonds. The number of rotatable bonds is 2. The second-order valence-corrected chi connectivity index (χ2v) is 5.39. The van der Waals surface area contributed by atoms with Gasteiger partial charge >= 0.3 is 0 Å². The number of nitrogens with zero attached hydrogens (tertiary/aromatic N) is 1. The van der Waals surface area contributed by atoms with E-state index in [0.717, 1.165) is 32.8 Å². The first kappa shape index (κ1) is 13.0. The molecule has 0 spiro atoms. The van der Waals surface area contributed by atoms with E-state index >= 15 is 0 Å². The van der Waals surface area contributed by atoms with Crippen LogP contribution in [0.1, 0.15) is 10.4 Å². The van der Waals surface area contributed by atoms with Crippen molar-refractivity contribution in [3.8, 4) is 11.5 Å². The molecule has 1 aliphatic heterocycles. The van der Waals surface area contributed by atoms with Crippen molar-refractivity contribution in [2.24, 2.45) is 0 Å². The molecule has 1 aliphatic rings. The molecule has 1 heterocycles. The van der Waals surface area contributed by atoms with E-state index in [4.69, 9.17) is 9.47 Å².